The quantitative estimate of drug-likeness (QED) is 0.393. The molecule has 4 heteroatoms. The Kier molecular flexibility index (Phi) is 4.55. The highest BCUT2D eigenvalue weighted by Crippen LogP contribution is 2.39. The molecule has 0 aliphatic rings. The Hall–Kier alpha value is 0.420. The monoisotopic (exact) mass is 440 g/mol. The summed E-state index contributed by atoms with van der Waals surface area (Å²) >= 11 is 14.2. The molecule has 2 rings (SSSR count). The summed E-state index contributed by atoms with van der Waals surface area (Å²) in [4.78, 5) is 2.56. The smallest absolute Gasteiger partial charge is 0.0941 e. The van der Waals surface area contributed by atoms with E-state index in [-0.39, 0.29) is 5.38 Å². The molecule has 1 heterocycles. The van der Waals surface area contributed by atoms with Gasteiger partial charge in [-0.25, -0.2) is 0 Å². The lowest BCUT2D eigenvalue weighted by Crippen LogP contribution is -1.95. The van der Waals surface area contributed by atoms with Crippen LogP contribution in [-0.2, 0) is 0 Å². The van der Waals surface area contributed by atoms with Crippen molar-refractivity contribution < 1.29 is 0 Å². The summed E-state index contributed by atoms with van der Waals surface area (Å²) in [7, 11) is 0. The van der Waals surface area contributed by atoms with Crippen molar-refractivity contribution in [3.63, 3.8) is 0 Å². The molecule has 0 fully saturated rings. The lowest BCUT2D eigenvalue weighted by atomic mass is 10.1. The fourth-order valence-electron chi connectivity index (χ4n) is 1.76. The minimum absolute atomic E-state index is 0.0573. The standard InChI is InChI=1S/C13H11BrClIS/c1-7-5-8(2)17-13(7)12(15)10-6-9(14)3-4-11(10)16/h3-6,12H,1-2H3. The minimum Gasteiger partial charge on any atom is -0.143 e. The SMILES string of the molecule is Cc1cc(C)c(C(Cl)c2cc(Br)ccc2I)s1. The van der Waals surface area contributed by atoms with Gasteiger partial charge in [0.25, 0.3) is 0 Å². The fraction of sp³-hybridized carbons (Fsp3) is 0.231. The summed E-state index contributed by atoms with van der Waals surface area (Å²) in [5.41, 5.74) is 2.45. The maximum absolute atomic E-state index is 6.61. The highest BCUT2D eigenvalue weighted by Gasteiger charge is 2.18. The Morgan fingerprint density at radius 3 is 2.59 bits per heavy atom. The van der Waals surface area contributed by atoms with Gasteiger partial charge in [-0.15, -0.1) is 22.9 Å². The van der Waals surface area contributed by atoms with Crippen LogP contribution in [0, 0.1) is 17.4 Å². The van der Waals surface area contributed by atoms with E-state index in [0.29, 0.717) is 0 Å². The van der Waals surface area contributed by atoms with Gasteiger partial charge in [0.15, 0.2) is 0 Å². The van der Waals surface area contributed by atoms with Crippen molar-refractivity contribution in [2.75, 3.05) is 0 Å². The maximum atomic E-state index is 6.61. The molecular formula is C13H11BrClIS. The van der Waals surface area contributed by atoms with E-state index >= 15 is 0 Å². The third-order valence-corrected chi connectivity index (χ3v) is 5.82. The van der Waals surface area contributed by atoms with Gasteiger partial charge >= 0.3 is 0 Å². The first-order chi connectivity index (χ1) is 7.99. The molecule has 0 saturated heterocycles. The van der Waals surface area contributed by atoms with E-state index in [1.807, 2.05) is 6.07 Å². The van der Waals surface area contributed by atoms with Gasteiger partial charge in [0.2, 0.25) is 0 Å². The number of rotatable bonds is 2. The molecular weight excluding hydrogens is 430 g/mol. The zero-order valence-corrected chi connectivity index (χ0v) is 14.7. The summed E-state index contributed by atoms with van der Waals surface area (Å²) in [6.45, 7) is 4.25. The molecule has 1 aromatic carbocycles. The summed E-state index contributed by atoms with van der Waals surface area (Å²) in [6, 6.07) is 8.43. The second kappa shape index (κ2) is 5.59. The van der Waals surface area contributed by atoms with Crippen LogP contribution in [0.2, 0.25) is 0 Å². The lowest BCUT2D eigenvalue weighted by molar-refractivity contribution is 1.14. The first-order valence-corrected chi connectivity index (χ1v) is 8.27. The molecule has 90 valence electrons. The number of thiophene rings is 1. The van der Waals surface area contributed by atoms with E-state index in [1.165, 1.54) is 24.5 Å². The van der Waals surface area contributed by atoms with Crippen LogP contribution < -0.4 is 0 Å². The Balaban J connectivity index is 2.46. The van der Waals surface area contributed by atoms with Crippen LogP contribution in [0.3, 0.4) is 0 Å². The molecule has 17 heavy (non-hydrogen) atoms. The maximum Gasteiger partial charge on any atom is 0.0941 e. The molecule has 1 atom stereocenters. The van der Waals surface area contributed by atoms with Crippen LogP contribution in [0.4, 0.5) is 0 Å². The Bertz CT molecular complexity index is 550. The van der Waals surface area contributed by atoms with E-state index in [9.17, 15) is 0 Å². The predicted octanol–water partition coefficient (Wildman–Crippen LogP) is 6.06. The summed E-state index contributed by atoms with van der Waals surface area (Å²) in [5, 5.41) is -0.0573. The number of alkyl halides is 1. The predicted molar refractivity (Wildman–Crippen MR) is 88.3 cm³/mol. The van der Waals surface area contributed by atoms with Gasteiger partial charge in [-0.05, 0) is 71.8 Å². The summed E-state index contributed by atoms with van der Waals surface area (Å²) < 4.78 is 2.28. The molecule has 2 aromatic rings. The lowest BCUT2D eigenvalue weighted by Gasteiger charge is -2.12. The van der Waals surface area contributed by atoms with Gasteiger partial charge in [-0.2, -0.15) is 0 Å². The summed E-state index contributed by atoms with van der Waals surface area (Å²) in [6.07, 6.45) is 0. The van der Waals surface area contributed by atoms with Gasteiger partial charge in [0.05, 0.1) is 5.38 Å². The van der Waals surface area contributed by atoms with Crippen LogP contribution >= 0.6 is 61.5 Å². The second-order valence-corrected chi connectivity index (χ2v) is 7.73. The van der Waals surface area contributed by atoms with E-state index in [4.69, 9.17) is 11.6 Å². The molecule has 0 amide bonds. The number of aryl methyl sites for hydroxylation is 2. The number of hydrogen-bond donors (Lipinski definition) is 0. The van der Waals surface area contributed by atoms with Crippen LogP contribution in [0.25, 0.3) is 0 Å². The zero-order valence-electron chi connectivity index (χ0n) is 9.43. The van der Waals surface area contributed by atoms with Crippen molar-refractivity contribution in [2.24, 2.45) is 0 Å². The normalized spacial score (nSPS) is 12.8. The number of hydrogen-bond acceptors (Lipinski definition) is 1. The van der Waals surface area contributed by atoms with E-state index in [2.05, 4.69) is 70.6 Å². The van der Waals surface area contributed by atoms with Gasteiger partial charge in [-0.3, -0.25) is 0 Å². The average molecular weight is 442 g/mol. The van der Waals surface area contributed by atoms with Crippen LogP contribution in [0.5, 0.6) is 0 Å². The average Bonchev–Trinajstić information content (AvgIpc) is 2.60. The second-order valence-electron chi connectivity index (χ2n) is 3.93. The van der Waals surface area contributed by atoms with Gasteiger partial charge in [0, 0.05) is 17.8 Å². The third kappa shape index (κ3) is 3.06. The molecule has 1 unspecified atom stereocenters. The van der Waals surface area contributed by atoms with Crippen molar-refractivity contribution >= 4 is 61.5 Å². The van der Waals surface area contributed by atoms with Crippen LogP contribution in [-0.4, -0.2) is 0 Å². The first kappa shape index (κ1) is 13.8. The minimum atomic E-state index is -0.0573. The molecule has 0 bridgehead atoms. The van der Waals surface area contributed by atoms with E-state index in [1.54, 1.807) is 11.3 Å². The van der Waals surface area contributed by atoms with E-state index in [0.717, 1.165) is 4.47 Å². The van der Waals surface area contributed by atoms with Crippen molar-refractivity contribution in [2.45, 2.75) is 19.2 Å². The molecule has 0 nitrogen and oxygen atoms in total. The van der Waals surface area contributed by atoms with Crippen molar-refractivity contribution in [3.05, 3.63) is 53.2 Å². The summed E-state index contributed by atoms with van der Waals surface area (Å²) in [5.74, 6) is 0. The van der Waals surface area contributed by atoms with Crippen molar-refractivity contribution in [1.29, 1.82) is 0 Å². The Morgan fingerprint density at radius 1 is 1.29 bits per heavy atom. The van der Waals surface area contributed by atoms with Gasteiger partial charge in [0.1, 0.15) is 0 Å². The molecule has 0 aliphatic heterocycles. The molecule has 0 radical (unpaired) electrons. The van der Waals surface area contributed by atoms with Gasteiger partial charge in [-0.1, -0.05) is 15.9 Å². The Labute approximate surface area is 133 Å². The van der Waals surface area contributed by atoms with Gasteiger partial charge < -0.3 is 0 Å². The van der Waals surface area contributed by atoms with Crippen LogP contribution in [0.15, 0.2) is 28.7 Å². The van der Waals surface area contributed by atoms with E-state index < -0.39 is 0 Å². The zero-order chi connectivity index (χ0) is 12.6. The third-order valence-electron chi connectivity index (χ3n) is 2.54. The first-order valence-electron chi connectivity index (χ1n) is 5.15. The fourth-order valence-corrected chi connectivity index (χ4v) is 4.49. The molecule has 1 aromatic heterocycles. The molecule has 0 N–H and O–H groups in total. The van der Waals surface area contributed by atoms with Crippen molar-refractivity contribution in [1.82, 2.24) is 0 Å². The topological polar surface area (TPSA) is 0 Å². The number of halogens is 3. The number of benzene rings is 1. The largest absolute Gasteiger partial charge is 0.143 e. The molecule has 0 saturated carbocycles. The van der Waals surface area contributed by atoms with Crippen LogP contribution in [0.1, 0.15) is 26.3 Å². The van der Waals surface area contributed by atoms with Crippen molar-refractivity contribution in [3.8, 4) is 0 Å². The highest BCUT2D eigenvalue weighted by atomic mass is 127. The molecule has 0 aliphatic carbocycles. The Morgan fingerprint density at radius 2 is 2.00 bits per heavy atom. The molecule has 0 spiro atoms. The highest BCUT2D eigenvalue weighted by molar-refractivity contribution is 14.1.